The number of hydrogen-bond acceptors (Lipinski definition) is 1. The van der Waals surface area contributed by atoms with Crippen LogP contribution in [0.5, 0.6) is 0 Å². The van der Waals surface area contributed by atoms with E-state index in [2.05, 4.69) is 17.1 Å². The first-order valence-corrected chi connectivity index (χ1v) is 3.26. The van der Waals surface area contributed by atoms with E-state index in [0.717, 1.165) is 5.52 Å². The molecule has 5 heteroatoms. The molecule has 2 aromatic rings. The number of benzene rings is 1. The van der Waals surface area contributed by atoms with Gasteiger partial charge in [0.05, 0.1) is 5.52 Å². The van der Waals surface area contributed by atoms with Gasteiger partial charge in [0, 0.05) is 11.6 Å². The first-order valence-electron chi connectivity index (χ1n) is 3.26. The van der Waals surface area contributed by atoms with E-state index in [0.29, 0.717) is 0 Å². The Hall–Kier alpha value is 1.21. The standard InChI is InChI=1S/C9H7N.2ClH.2Na/c1-2-6-9-8(4-1)5-3-7-10-9;;;;/h1-7H;2*1H;;/q;;;2*+1/p-2. The summed E-state index contributed by atoms with van der Waals surface area (Å²) < 4.78 is 0. The molecule has 1 nitrogen and oxygen atoms in total. The van der Waals surface area contributed by atoms with Gasteiger partial charge >= 0.3 is 59.1 Å². The molecule has 0 atom stereocenters. The zero-order valence-electron chi connectivity index (χ0n) is 8.24. The number of nitrogens with zero attached hydrogens (tertiary/aromatic N) is 1. The summed E-state index contributed by atoms with van der Waals surface area (Å²) in [6.45, 7) is 0. The summed E-state index contributed by atoms with van der Waals surface area (Å²) in [6, 6.07) is 12.1. The van der Waals surface area contributed by atoms with Crippen LogP contribution in [0, 0.1) is 0 Å². The first-order chi connectivity index (χ1) is 4.97. The van der Waals surface area contributed by atoms with Crippen molar-refractivity contribution in [3.8, 4) is 0 Å². The van der Waals surface area contributed by atoms with Crippen LogP contribution in [-0.2, 0) is 0 Å². The Kier molecular flexibility index (Phi) is 15.8. The van der Waals surface area contributed by atoms with Crippen LogP contribution in [0.3, 0.4) is 0 Å². The Labute approximate surface area is 140 Å². The Morgan fingerprint density at radius 3 is 2.00 bits per heavy atom. The predicted octanol–water partition coefficient (Wildman–Crippen LogP) is -9.75. The summed E-state index contributed by atoms with van der Waals surface area (Å²) in [7, 11) is 0. The van der Waals surface area contributed by atoms with Gasteiger partial charge in [-0.15, -0.1) is 0 Å². The molecule has 2 rings (SSSR count). The fourth-order valence-corrected chi connectivity index (χ4v) is 1.02. The Morgan fingerprint density at radius 2 is 1.36 bits per heavy atom. The molecular weight excluding hydrogens is 239 g/mol. The third-order valence-electron chi connectivity index (χ3n) is 1.51. The van der Waals surface area contributed by atoms with E-state index in [1.807, 2.05) is 30.5 Å². The third-order valence-corrected chi connectivity index (χ3v) is 1.51. The average Bonchev–Trinajstić information content (AvgIpc) is 2.05. The van der Waals surface area contributed by atoms with Gasteiger partial charge in [0.1, 0.15) is 0 Å². The molecule has 0 aliphatic rings. The second-order valence-corrected chi connectivity index (χ2v) is 2.20. The van der Waals surface area contributed by atoms with E-state index < -0.39 is 0 Å². The van der Waals surface area contributed by atoms with Crippen LogP contribution < -0.4 is 83.9 Å². The molecule has 1 aromatic heterocycles. The number of fused-ring (bicyclic) bond motifs is 1. The summed E-state index contributed by atoms with van der Waals surface area (Å²) in [5.74, 6) is 0. The number of para-hydroxylation sites is 1. The van der Waals surface area contributed by atoms with Crippen molar-refractivity contribution in [3.63, 3.8) is 0 Å². The number of halogens is 2. The van der Waals surface area contributed by atoms with Gasteiger partial charge < -0.3 is 24.8 Å². The van der Waals surface area contributed by atoms with Crippen LogP contribution in [0.15, 0.2) is 42.6 Å². The maximum absolute atomic E-state index is 4.18. The molecule has 0 N–H and O–H groups in total. The number of pyridine rings is 1. The van der Waals surface area contributed by atoms with Crippen LogP contribution in [0.1, 0.15) is 0 Å². The van der Waals surface area contributed by atoms with E-state index >= 15 is 0 Å². The Bertz CT molecular complexity index is 292. The molecule has 1 heterocycles. The maximum atomic E-state index is 4.18. The number of hydrogen-bond donors (Lipinski definition) is 0. The van der Waals surface area contributed by atoms with Crippen molar-refractivity contribution in [2.75, 3.05) is 0 Å². The van der Waals surface area contributed by atoms with E-state index in [9.17, 15) is 0 Å². The smallest absolute Gasteiger partial charge is 1.00 e. The molecule has 0 saturated heterocycles. The van der Waals surface area contributed by atoms with Gasteiger partial charge in [-0.25, -0.2) is 0 Å². The summed E-state index contributed by atoms with van der Waals surface area (Å²) >= 11 is 0. The molecule has 1 aromatic carbocycles. The first kappa shape index (κ1) is 20.6. The van der Waals surface area contributed by atoms with Crippen molar-refractivity contribution in [3.05, 3.63) is 42.6 Å². The molecule has 0 unspecified atom stereocenters. The second-order valence-electron chi connectivity index (χ2n) is 2.20. The molecule has 0 saturated carbocycles. The molecule has 0 spiro atoms. The molecule has 0 aliphatic carbocycles. The van der Waals surface area contributed by atoms with Crippen molar-refractivity contribution >= 4 is 10.9 Å². The van der Waals surface area contributed by atoms with E-state index in [1.54, 1.807) is 0 Å². The van der Waals surface area contributed by atoms with Crippen molar-refractivity contribution in [2.45, 2.75) is 0 Å². The predicted molar refractivity (Wildman–Crippen MR) is 41.7 cm³/mol. The minimum Gasteiger partial charge on any atom is -1.00 e. The minimum atomic E-state index is 0. The monoisotopic (exact) mass is 245 g/mol. The van der Waals surface area contributed by atoms with Crippen molar-refractivity contribution in [1.29, 1.82) is 0 Å². The molecule has 0 amide bonds. The molecule has 64 valence electrons. The van der Waals surface area contributed by atoms with Gasteiger partial charge in [-0.05, 0) is 12.1 Å². The molecular formula is C9H7Cl2NNa2. The second kappa shape index (κ2) is 10.7. The van der Waals surface area contributed by atoms with Crippen LogP contribution in [0.25, 0.3) is 10.9 Å². The molecule has 0 bridgehead atoms. The van der Waals surface area contributed by atoms with Crippen LogP contribution in [-0.4, -0.2) is 4.98 Å². The van der Waals surface area contributed by atoms with E-state index in [-0.39, 0.29) is 83.9 Å². The quantitative estimate of drug-likeness (QED) is 0.421. The largest absolute Gasteiger partial charge is 1.00 e. The van der Waals surface area contributed by atoms with Crippen molar-refractivity contribution in [1.82, 2.24) is 4.98 Å². The number of aromatic nitrogens is 1. The molecule has 0 radical (unpaired) electrons. The van der Waals surface area contributed by atoms with Gasteiger partial charge in [-0.1, -0.05) is 24.3 Å². The zero-order valence-corrected chi connectivity index (χ0v) is 13.8. The van der Waals surface area contributed by atoms with Gasteiger partial charge in [0.25, 0.3) is 0 Å². The molecule has 14 heavy (non-hydrogen) atoms. The molecule has 0 fully saturated rings. The summed E-state index contributed by atoms with van der Waals surface area (Å²) in [5.41, 5.74) is 1.06. The van der Waals surface area contributed by atoms with E-state index in [4.69, 9.17) is 0 Å². The molecule has 0 aliphatic heterocycles. The maximum Gasteiger partial charge on any atom is 1.00 e. The normalized spacial score (nSPS) is 7.14. The summed E-state index contributed by atoms with van der Waals surface area (Å²) in [6.07, 6.45) is 1.81. The van der Waals surface area contributed by atoms with Crippen LogP contribution >= 0.6 is 0 Å². The summed E-state index contributed by atoms with van der Waals surface area (Å²) in [4.78, 5) is 4.18. The summed E-state index contributed by atoms with van der Waals surface area (Å²) in [5, 5.41) is 1.20. The van der Waals surface area contributed by atoms with Gasteiger partial charge in [-0.2, -0.15) is 0 Å². The van der Waals surface area contributed by atoms with Gasteiger partial charge in [0.15, 0.2) is 0 Å². The van der Waals surface area contributed by atoms with Crippen molar-refractivity contribution < 1.29 is 83.9 Å². The van der Waals surface area contributed by atoms with Gasteiger partial charge in [-0.3, -0.25) is 4.98 Å². The van der Waals surface area contributed by atoms with E-state index in [1.165, 1.54) is 5.39 Å². The topological polar surface area (TPSA) is 12.9 Å². The number of rotatable bonds is 0. The third kappa shape index (κ3) is 5.34. The van der Waals surface area contributed by atoms with Crippen molar-refractivity contribution in [2.24, 2.45) is 0 Å². The minimum absolute atomic E-state index is 0. The van der Waals surface area contributed by atoms with Gasteiger partial charge in [0.2, 0.25) is 0 Å². The zero-order chi connectivity index (χ0) is 6.81. The average molecular weight is 246 g/mol. The van der Waals surface area contributed by atoms with Crippen LogP contribution in [0.2, 0.25) is 0 Å². The fraction of sp³-hybridized carbons (Fsp3) is 0. The Morgan fingerprint density at radius 1 is 0.786 bits per heavy atom. The fourth-order valence-electron chi connectivity index (χ4n) is 1.02. The SMILES string of the molecule is [Cl-].[Cl-].[Na+].[Na+].c1ccc2ncccc2c1. The van der Waals surface area contributed by atoms with Crippen LogP contribution in [0.4, 0.5) is 0 Å². The Balaban J connectivity index is -0.000000302.